The SMILES string of the molecule is O=C(N/N=C\c1ccc(OCc2cccc3ccccc23)cc1)C(=O)NC1CC1. The second kappa shape index (κ2) is 8.56. The molecule has 0 heterocycles. The number of nitrogens with zero attached hydrogens (tertiary/aromatic N) is 1. The van der Waals surface area contributed by atoms with Gasteiger partial charge in [-0.1, -0.05) is 42.5 Å². The third-order valence-corrected chi connectivity index (χ3v) is 4.65. The Morgan fingerprint density at radius 2 is 1.72 bits per heavy atom. The van der Waals surface area contributed by atoms with Crippen LogP contribution in [0.3, 0.4) is 0 Å². The second-order valence-corrected chi connectivity index (χ2v) is 6.94. The van der Waals surface area contributed by atoms with Crippen molar-refractivity contribution in [1.82, 2.24) is 10.7 Å². The van der Waals surface area contributed by atoms with Crippen LogP contribution in [-0.4, -0.2) is 24.1 Å². The van der Waals surface area contributed by atoms with Gasteiger partial charge in [0.15, 0.2) is 0 Å². The zero-order valence-electron chi connectivity index (χ0n) is 15.8. The predicted molar refractivity (Wildman–Crippen MR) is 112 cm³/mol. The van der Waals surface area contributed by atoms with Crippen molar-refractivity contribution in [3.05, 3.63) is 77.9 Å². The van der Waals surface area contributed by atoms with Crippen LogP contribution in [0.4, 0.5) is 0 Å². The Morgan fingerprint density at radius 1 is 0.966 bits per heavy atom. The Bertz CT molecular complexity index is 1050. The number of ether oxygens (including phenoxy) is 1. The summed E-state index contributed by atoms with van der Waals surface area (Å²) in [5.41, 5.74) is 4.14. The molecule has 1 saturated carbocycles. The van der Waals surface area contributed by atoms with Crippen LogP contribution in [0, 0.1) is 0 Å². The molecule has 0 saturated heterocycles. The van der Waals surface area contributed by atoms with Crippen molar-refractivity contribution in [3.63, 3.8) is 0 Å². The van der Waals surface area contributed by atoms with Gasteiger partial charge in [-0.05, 0) is 59.0 Å². The molecule has 0 atom stereocenters. The number of nitrogens with one attached hydrogen (secondary N) is 2. The van der Waals surface area contributed by atoms with Crippen molar-refractivity contribution in [2.24, 2.45) is 5.10 Å². The average molecular weight is 387 g/mol. The molecule has 2 amide bonds. The number of amides is 2. The van der Waals surface area contributed by atoms with E-state index < -0.39 is 11.8 Å². The molecule has 146 valence electrons. The molecule has 0 radical (unpaired) electrons. The van der Waals surface area contributed by atoms with Crippen LogP contribution in [0.15, 0.2) is 71.8 Å². The molecule has 3 aromatic carbocycles. The van der Waals surface area contributed by atoms with Gasteiger partial charge in [0.05, 0.1) is 6.21 Å². The summed E-state index contributed by atoms with van der Waals surface area (Å²) in [6.07, 6.45) is 3.34. The Hall–Kier alpha value is -3.67. The van der Waals surface area contributed by atoms with Crippen LogP contribution in [0.25, 0.3) is 10.8 Å². The van der Waals surface area contributed by atoms with Gasteiger partial charge in [-0.3, -0.25) is 9.59 Å². The number of benzene rings is 3. The number of carbonyl (C=O) groups excluding carboxylic acids is 2. The first-order valence-electron chi connectivity index (χ1n) is 9.52. The van der Waals surface area contributed by atoms with Gasteiger partial charge in [0, 0.05) is 6.04 Å². The molecule has 4 rings (SSSR count). The second-order valence-electron chi connectivity index (χ2n) is 6.94. The van der Waals surface area contributed by atoms with E-state index in [9.17, 15) is 9.59 Å². The Kier molecular flexibility index (Phi) is 5.52. The van der Waals surface area contributed by atoms with E-state index in [1.165, 1.54) is 17.0 Å². The lowest BCUT2D eigenvalue weighted by Gasteiger charge is -2.09. The van der Waals surface area contributed by atoms with Gasteiger partial charge in [-0.15, -0.1) is 0 Å². The molecule has 6 nitrogen and oxygen atoms in total. The van der Waals surface area contributed by atoms with E-state index in [1.54, 1.807) is 0 Å². The minimum Gasteiger partial charge on any atom is -0.489 e. The number of rotatable bonds is 6. The summed E-state index contributed by atoms with van der Waals surface area (Å²) in [5.74, 6) is -0.673. The molecule has 29 heavy (non-hydrogen) atoms. The number of fused-ring (bicyclic) bond motifs is 1. The molecule has 0 unspecified atom stereocenters. The molecule has 3 aromatic rings. The summed E-state index contributed by atoms with van der Waals surface area (Å²) < 4.78 is 5.90. The summed E-state index contributed by atoms with van der Waals surface area (Å²) in [6, 6.07) is 21.9. The highest BCUT2D eigenvalue weighted by Gasteiger charge is 2.26. The normalized spacial score (nSPS) is 13.4. The number of hydrogen-bond acceptors (Lipinski definition) is 4. The molecule has 0 aromatic heterocycles. The summed E-state index contributed by atoms with van der Waals surface area (Å²) in [5, 5.41) is 8.80. The van der Waals surface area contributed by atoms with Crippen molar-refractivity contribution >= 4 is 28.8 Å². The van der Waals surface area contributed by atoms with Gasteiger partial charge < -0.3 is 10.1 Å². The molecule has 0 bridgehead atoms. The lowest BCUT2D eigenvalue weighted by atomic mass is 10.1. The minimum absolute atomic E-state index is 0.138. The third-order valence-electron chi connectivity index (χ3n) is 4.65. The van der Waals surface area contributed by atoms with E-state index in [1.807, 2.05) is 42.5 Å². The lowest BCUT2D eigenvalue weighted by molar-refractivity contribution is -0.139. The monoisotopic (exact) mass is 387 g/mol. The van der Waals surface area contributed by atoms with Crippen molar-refractivity contribution in [2.75, 3.05) is 0 Å². The summed E-state index contributed by atoms with van der Waals surface area (Å²) in [4.78, 5) is 23.1. The van der Waals surface area contributed by atoms with Crippen molar-refractivity contribution < 1.29 is 14.3 Å². The highest BCUT2D eigenvalue weighted by Crippen LogP contribution is 2.21. The van der Waals surface area contributed by atoms with Crippen LogP contribution in [0.5, 0.6) is 5.75 Å². The highest BCUT2D eigenvalue weighted by atomic mass is 16.5. The van der Waals surface area contributed by atoms with E-state index in [4.69, 9.17) is 4.74 Å². The van der Waals surface area contributed by atoms with Crippen LogP contribution in [0.2, 0.25) is 0 Å². The first kappa shape index (κ1) is 18.7. The number of carbonyl (C=O) groups is 2. The average Bonchev–Trinajstić information content (AvgIpc) is 3.57. The fourth-order valence-electron chi connectivity index (χ4n) is 2.92. The largest absolute Gasteiger partial charge is 0.489 e. The Morgan fingerprint density at radius 3 is 2.52 bits per heavy atom. The first-order valence-corrected chi connectivity index (χ1v) is 9.52. The summed E-state index contributed by atoms with van der Waals surface area (Å²) in [6.45, 7) is 0.473. The maximum atomic E-state index is 11.6. The molecule has 1 aliphatic carbocycles. The third kappa shape index (κ3) is 4.99. The van der Waals surface area contributed by atoms with Crippen LogP contribution >= 0.6 is 0 Å². The standard InChI is InChI=1S/C23H21N3O3/c27-22(25-19-10-11-19)23(28)26-24-14-16-8-12-20(13-9-16)29-15-18-6-3-5-17-4-1-2-7-21(17)18/h1-9,12-14,19H,10-11,15H2,(H,25,27)(H,26,28)/b24-14-. The zero-order chi connectivity index (χ0) is 20.1. The van der Waals surface area contributed by atoms with Gasteiger partial charge in [0.2, 0.25) is 0 Å². The number of hydrazone groups is 1. The quantitative estimate of drug-likeness (QED) is 0.387. The van der Waals surface area contributed by atoms with E-state index in [-0.39, 0.29) is 6.04 Å². The Balaban J connectivity index is 1.30. The van der Waals surface area contributed by atoms with E-state index in [0.717, 1.165) is 29.7 Å². The molecule has 0 spiro atoms. The minimum atomic E-state index is -0.761. The van der Waals surface area contributed by atoms with E-state index in [0.29, 0.717) is 6.61 Å². The molecular formula is C23H21N3O3. The number of hydrogen-bond donors (Lipinski definition) is 2. The van der Waals surface area contributed by atoms with Crippen LogP contribution in [-0.2, 0) is 16.2 Å². The van der Waals surface area contributed by atoms with E-state index in [2.05, 4.69) is 40.1 Å². The lowest BCUT2D eigenvalue weighted by Crippen LogP contribution is -2.38. The fraction of sp³-hybridized carbons (Fsp3) is 0.174. The van der Waals surface area contributed by atoms with Crippen LogP contribution < -0.4 is 15.5 Å². The van der Waals surface area contributed by atoms with Crippen molar-refractivity contribution in [3.8, 4) is 5.75 Å². The zero-order valence-corrected chi connectivity index (χ0v) is 15.8. The molecule has 0 aliphatic heterocycles. The van der Waals surface area contributed by atoms with Gasteiger partial charge in [0.25, 0.3) is 0 Å². The molecular weight excluding hydrogens is 366 g/mol. The predicted octanol–water partition coefficient (Wildman–Crippen LogP) is 3.15. The van der Waals surface area contributed by atoms with Gasteiger partial charge in [-0.25, -0.2) is 5.43 Å². The molecule has 6 heteroatoms. The summed E-state index contributed by atoms with van der Waals surface area (Å²) in [7, 11) is 0. The smallest absolute Gasteiger partial charge is 0.329 e. The van der Waals surface area contributed by atoms with Gasteiger partial charge >= 0.3 is 11.8 Å². The molecule has 1 fully saturated rings. The Labute approximate surface area is 168 Å². The van der Waals surface area contributed by atoms with E-state index >= 15 is 0 Å². The fourth-order valence-corrected chi connectivity index (χ4v) is 2.92. The van der Waals surface area contributed by atoms with Gasteiger partial charge in [-0.2, -0.15) is 5.10 Å². The van der Waals surface area contributed by atoms with Crippen molar-refractivity contribution in [1.29, 1.82) is 0 Å². The maximum absolute atomic E-state index is 11.6. The molecule has 2 N–H and O–H groups in total. The summed E-state index contributed by atoms with van der Waals surface area (Å²) >= 11 is 0. The highest BCUT2D eigenvalue weighted by molar-refractivity contribution is 6.35. The van der Waals surface area contributed by atoms with Gasteiger partial charge in [0.1, 0.15) is 12.4 Å². The maximum Gasteiger partial charge on any atom is 0.329 e. The van der Waals surface area contributed by atoms with Crippen molar-refractivity contribution in [2.45, 2.75) is 25.5 Å². The topological polar surface area (TPSA) is 79.8 Å². The molecule has 1 aliphatic rings. The first-order chi connectivity index (χ1) is 14.2. The van der Waals surface area contributed by atoms with Crippen LogP contribution in [0.1, 0.15) is 24.0 Å².